The van der Waals surface area contributed by atoms with Crippen LogP contribution in [0, 0.1) is 5.92 Å². The molecule has 0 spiro atoms. The first-order valence-corrected chi connectivity index (χ1v) is 6.24. The van der Waals surface area contributed by atoms with Gasteiger partial charge in [0.15, 0.2) is 0 Å². The Morgan fingerprint density at radius 3 is 2.68 bits per heavy atom. The molecule has 0 aliphatic carbocycles. The number of rotatable bonds is 3. The molecule has 19 heavy (non-hydrogen) atoms. The smallest absolute Gasteiger partial charge is 0.410 e. The Kier molecular flexibility index (Phi) is 4.14. The van der Waals surface area contributed by atoms with E-state index in [1.807, 2.05) is 37.3 Å². The summed E-state index contributed by atoms with van der Waals surface area (Å²) in [5.41, 5.74) is 0.853. The summed E-state index contributed by atoms with van der Waals surface area (Å²) < 4.78 is 18.0. The van der Waals surface area contributed by atoms with Gasteiger partial charge in [-0.15, -0.1) is 0 Å². The predicted molar refractivity (Wildman–Crippen MR) is 67.0 cm³/mol. The summed E-state index contributed by atoms with van der Waals surface area (Å²) in [5.74, 6) is 0.106. The molecule has 1 amide bonds. The molecule has 1 aliphatic rings. The van der Waals surface area contributed by atoms with Crippen molar-refractivity contribution in [2.45, 2.75) is 26.0 Å². The summed E-state index contributed by atoms with van der Waals surface area (Å²) in [4.78, 5) is 23.9. The van der Waals surface area contributed by atoms with Crippen LogP contribution in [0.25, 0.3) is 0 Å². The number of benzene rings is 1. The lowest BCUT2D eigenvalue weighted by atomic mass is 10.1. The van der Waals surface area contributed by atoms with Gasteiger partial charge in [-0.1, -0.05) is 37.3 Å². The molecule has 0 aromatic heterocycles. The van der Waals surface area contributed by atoms with E-state index in [1.54, 1.807) is 0 Å². The molecule has 0 radical (unpaired) electrons. The van der Waals surface area contributed by atoms with Crippen molar-refractivity contribution in [2.24, 2.45) is 5.92 Å². The van der Waals surface area contributed by atoms with Gasteiger partial charge in [0.25, 0.3) is 0 Å². The Balaban J connectivity index is 1.94. The Hall–Kier alpha value is -1.91. The summed E-state index contributed by atoms with van der Waals surface area (Å²) in [6.45, 7) is 2.35. The van der Waals surface area contributed by atoms with Gasteiger partial charge in [0.05, 0.1) is 0 Å². The quantitative estimate of drug-likeness (QED) is 0.789. The van der Waals surface area contributed by atoms with Gasteiger partial charge in [-0.05, 0) is 17.9 Å². The van der Waals surface area contributed by atoms with E-state index in [9.17, 15) is 14.0 Å². The lowest BCUT2D eigenvalue weighted by molar-refractivity contribution is -0.133. The summed E-state index contributed by atoms with van der Waals surface area (Å²) in [7, 11) is 0. The Morgan fingerprint density at radius 2 is 2.05 bits per heavy atom. The molecule has 0 N–H and O–H groups in total. The third-order valence-electron chi connectivity index (χ3n) is 3.21. The monoisotopic (exact) mass is 265 g/mol. The largest absolute Gasteiger partial charge is 0.445 e. The third-order valence-corrected chi connectivity index (χ3v) is 3.21. The average molecular weight is 265 g/mol. The first-order chi connectivity index (χ1) is 9.08. The van der Waals surface area contributed by atoms with Crippen LogP contribution in [0.1, 0.15) is 18.9 Å². The number of ether oxygens (including phenoxy) is 1. The number of carbonyl (C=O) groups is 2. The van der Waals surface area contributed by atoms with E-state index in [0.29, 0.717) is 13.0 Å². The van der Waals surface area contributed by atoms with Crippen LogP contribution >= 0.6 is 0 Å². The number of carbonyl (C=O) groups excluding carboxylic acids is 2. The minimum absolute atomic E-state index is 0.106. The first kappa shape index (κ1) is 13.5. The van der Waals surface area contributed by atoms with Gasteiger partial charge in [0.2, 0.25) is 0 Å². The third kappa shape index (κ3) is 3.30. The van der Waals surface area contributed by atoms with Crippen LogP contribution in [0.2, 0.25) is 0 Å². The van der Waals surface area contributed by atoms with Gasteiger partial charge < -0.3 is 4.74 Å². The summed E-state index contributed by atoms with van der Waals surface area (Å²) in [6, 6.07) is 6.75. The van der Waals surface area contributed by atoms with Gasteiger partial charge in [-0.3, -0.25) is 9.69 Å². The Labute approximate surface area is 111 Å². The summed E-state index contributed by atoms with van der Waals surface area (Å²) >= 11 is 0. The highest BCUT2D eigenvalue weighted by molar-refractivity contribution is 5.81. The van der Waals surface area contributed by atoms with Crippen LogP contribution in [0.5, 0.6) is 0 Å². The molecule has 2 rings (SSSR count). The highest BCUT2D eigenvalue weighted by Crippen LogP contribution is 2.24. The average Bonchev–Trinajstić information content (AvgIpc) is 2.79. The number of nitrogens with zero attached hydrogens (tertiary/aromatic N) is 1. The molecular weight excluding hydrogens is 249 g/mol. The normalized spacial score (nSPS) is 22.3. The maximum absolute atomic E-state index is 12.9. The second kappa shape index (κ2) is 5.82. The molecule has 1 heterocycles. The fraction of sp³-hybridized carbons (Fsp3) is 0.429. The van der Waals surface area contributed by atoms with Gasteiger partial charge in [0, 0.05) is 6.54 Å². The van der Waals surface area contributed by atoms with Gasteiger partial charge in [-0.25, -0.2) is 4.79 Å². The van der Waals surface area contributed by atoms with E-state index in [-0.39, 0.29) is 12.5 Å². The molecule has 4 nitrogen and oxygen atoms in total. The number of hydrogen-bond donors (Lipinski definition) is 0. The fourth-order valence-electron chi connectivity index (χ4n) is 2.27. The molecule has 102 valence electrons. The SMILES string of the molecule is C[C@H]1C[C@@H](C(=O)F)N(C(=O)OCc2ccccc2)C1. The van der Waals surface area contributed by atoms with Crippen LogP contribution in [-0.2, 0) is 16.1 Å². The van der Waals surface area contributed by atoms with E-state index in [1.165, 1.54) is 4.90 Å². The zero-order chi connectivity index (χ0) is 13.8. The van der Waals surface area contributed by atoms with Crippen molar-refractivity contribution in [1.82, 2.24) is 4.90 Å². The zero-order valence-electron chi connectivity index (χ0n) is 10.7. The van der Waals surface area contributed by atoms with Crippen molar-refractivity contribution in [3.8, 4) is 0 Å². The molecule has 0 unspecified atom stereocenters. The van der Waals surface area contributed by atoms with Crippen molar-refractivity contribution in [3.63, 3.8) is 0 Å². The van der Waals surface area contributed by atoms with E-state index < -0.39 is 18.2 Å². The Bertz CT molecular complexity index is 463. The van der Waals surface area contributed by atoms with Gasteiger partial charge >= 0.3 is 12.1 Å². The zero-order valence-corrected chi connectivity index (χ0v) is 10.7. The molecule has 5 heteroatoms. The minimum Gasteiger partial charge on any atom is -0.445 e. The van der Waals surface area contributed by atoms with Gasteiger partial charge in [-0.2, -0.15) is 4.39 Å². The van der Waals surface area contributed by atoms with Crippen LogP contribution in [0.15, 0.2) is 30.3 Å². The topological polar surface area (TPSA) is 46.6 Å². The molecule has 0 saturated carbocycles. The molecule has 1 aliphatic heterocycles. The molecule has 0 bridgehead atoms. The second-order valence-corrected chi connectivity index (χ2v) is 4.85. The van der Waals surface area contributed by atoms with Crippen molar-refractivity contribution in [1.29, 1.82) is 0 Å². The number of likely N-dealkylation sites (tertiary alicyclic amines) is 1. The predicted octanol–water partition coefficient (Wildman–Crippen LogP) is 2.53. The highest BCUT2D eigenvalue weighted by Gasteiger charge is 2.38. The fourth-order valence-corrected chi connectivity index (χ4v) is 2.27. The Morgan fingerprint density at radius 1 is 1.37 bits per heavy atom. The number of amides is 1. The van der Waals surface area contributed by atoms with Crippen molar-refractivity contribution in [3.05, 3.63) is 35.9 Å². The van der Waals surface area contributed by atoms with Crippen molar-refractivity contribution < 1.29 is 18.7 Å². The molecule has 1 aromatic rings. The van der Waals surface area contributed by atoms with E-state index in [0.717, 1.165) is 5.56 Å². The minimum atomic E-state index is -1.47. The first-order valence-electron chi connectivity index (χ1n) is 6.24. The molecule has 1 fully saturated rings. The van der Waals surface area contributed by atoms with Crippen LogP contribution in [0.4, 0.5) is 9.18 Å². The number of hydrogen-bond acceptors (Lipinski definition) is 3. The van der Waals surface area contributed by atoms with Crippen LogP contribution < -0.4 is 0 Å². The molecular formula is C14H16FNO3. The highest BCUT2D eigenvalue weighted by atomic mass is 19.1. The summed E-state index contributed by atoms with van der Waals surface area (Å²) in [5, 5.41) is 0. The van der Waals surface area contributed by atoms with E-state index >= 15 is 0 Å². The van der Waals surface area contributed by atoms with E-state index in [4.69, 9.17) is 4.74 Å². The lowest BCUT2D eigenvalue weighted by Crippen LogP contribution is -2.39. The maximum Gasteiger partial charge on any atom is 0.410 e. The van der Waals surface area contributed by atoms with Crippen LogP contribution in [-0.4, -0.2) is 29.6 Å². The summed E-state index contributed by atoms with van der Waals surface area (Å²) in [6.07, 6.45) is -0.278. The second-order valence-electron chi connectivity index (χ2n) is 4.85. The van der Waals surface area contributed by atoms with Crippen LogP contribution in [0.3, 0.4) is 0 Å². The molecule has 1 aromatic carbocycles. The van der Waals surface area contributed by atoms with Crippen molar-refractivity contribution in [2.75, 3.05) is 6.54 Å². The maximum atomic E-state index is 12.9. The molecule has 1 saturated heterocycles. The lowest BCUT2D eigenvalue weighted by Gasteiger charge is -2.20. The van der Waals surface area contributed by atoms with E-state index in [2.05, 4.69) is 0 Å². The standard InChI is InChI=1S/C14H16FNO3/c1-10-7-12(13(15)17)16(8-10)14(18)19-9-11-5-3-2-4-6-11/h2-6,10,12H,7-9H2,1H3/t10-,12-/m0/s1. The number of halogens is 1. The molecule has 2 atom stereocenters. The van der Waals surface area contributed by atoms with Crippen molar-refractivity contribution >= 4 is 12.1 Å². The van der Waals surface area contributed by atoms with Gasteiger partial charge in [0.1, 0.15) is 12.6 Å².